The van der Waals surface area contributed by atoms with Crippen LogP contribution in [0.15, 0.2) is 54.9 Å². The highest BCUT2D eigenvalue weighted by Crippen LogP contribution is 2.40. The van der Waals surface area contributed by atoms with E-state index in [-0.39, 0.29) is 23.8 Å². The zero-order valence-electron chi connectivity index (χ0n) is 20.1. The molecule has 1 aliphatic heterocycles. The summed E-state index contributed by atoms with van der Waals surface area (Å²) in [5, 5.41) is 3.14. The molecule has 1 aromatic heterocycles. The van der Waals surface area contributed by atoms with Crippen LogP contribution in [0.1, 0.15) is 50.6 Å². The number of hydrogen-bond donors (Lipinski definition) is 1. The van der Waals surface area contributed by atoms with Crippen LogP contribution in [-0.4, -0.2) is 46.5 Å². The van der Waals surface area contributed by atoms with Crippen molar-refractivity contribution >= 4 is 22.8 Å². The van der Waals surface area contributed by atoms with Gasteiger partial charge >= 0.3 is 0 Å². The first kappa shape index (κ1) is 23.8. The number of carbonyl (C=O) groups is 2. The number of benzene rings is 2. The van der Waals surface area contributed by atoms with Crippen molar-refractivity contribution in [3.05, 3.63) is 60.4 Å². The van der Waals surface area contributed by atoms with Gasteiger partial charge in [-0.3, -0.25) is 9.59 Å². The zero-order chi connectivity index (χ0) is 23.9. The average molecular weight is 463 g/mol. The number of ether oxygens (including phenoxy) is 1. The van der Waals surface area contributed by atoms with Gasteiger partial charge in [0.15, 0.2) is 0 Å². The van der Waals surface area contributed by atoms with Crippen LogP contribution in [0.3, 0.4) is 0 Å². The second kappa shape index (κ2) is 11.2. The van der Waals surface area contributed by atoms with Gasteiger partial charge in [0.05, 0.1) is 36.4 Å². The lowest BCUT2D eigenvalue weighted by molar-refractivity contribution is -0.143. The van der Waals surface area contributed by atoms with Crippen LogP contribution in [0, 0.1) is 5.92 Å². The number of unbranched alkanes of at least 4 members (excludes halogenated alkanes) is 1. The van der Waals surface area contributed by atoms with Gasteiger partial charge in [-0.15, -0.1) is 0 Å². The number of nitrogens with zero attached hydrogens (tertiary/aromatic N) is 3. The van der Waals surface area contributed by atoms with Gasteiger partial charge in [-0.25, -0.2) is 4.98 Å². The minimum atomic E-state index is -0.318. The van der Waals surface area contributed by atoms with Crippen molar-refractivity contribution in [1.29, 1.82) is 0 Å². The second-order valence-electron chi connectivity index (χ2n) is 8.84. The van der Waals surface area contributed by atoms with Crippen LogP contribution in [-0.2, 0) is 16.1 Å². The van der Waals surface area contributed by atoms with Crippen molar-refractivity contribution in [2.45, 2.75) is 51.6 Å². The predicted molar refractivity (Wildman–Crippen MR) is 132 cm³/mol. The Bertz CT molecular complexity index is 1130. The van der Waals surface area contributed by atoms with Gasteiger partial charge in [-0.2, -0.15) is 0 Å². The highest BCUT2D eigenvalue weighted by molar-refractivity contribution is 5.85. The molecule has 0 radical (unpaired) electrons. The molecule has 0 unspecified atom stereocenters. The van der Waals surface area contributed by atoms with Crippen molar-refractivity contribution in [3.63, 3.8) is 0 Å². The summed E-state index contributed by atoms with van der Waals surface area (Å²) < 4.78 is 7.73. The van der Waals surface area contributed by atoms with E-state index in [1.165, 1.54) is 0 Å². The van der Waals surface area contributed by atoms with Crippen LogP contribution in [0.4, 0.5) is 0 Å². The van der Waals surface area contributed by atoms with Crippen molar-refractivity contribution < 1.29 is 14.3 Å². The Balaban J connectivity index is 1.46. The van der Waals surface area contributed by atoms with E-state index in [2.05, 4.69) is 27.9 Å². The predicted octanol–water partition coefficient (Wildman–Crippen LogP) is 4.33. The molecule has 2 heterocycles. The number of amides is 2. The molecule has 3 aromatic rings. The van der Waals surface area contributed by atoms with Crippen molar-refractivity contribution in [2.24, 2.45) is 5.92 Å². The van der Waals surface area contributed by atoms with Crippen molar-refractivity contribution in [3.8, 4) is 5.75 Å². The number of aryl methyl sites for hydroxylation is 1. The third-order valence-electron chi connectivity index (χ3n) is 6.66. The number of nitrogens with one attached hydrogen (secondary N) is 1. The fourth-order valence-corrected chi connectivity index (χ4v) is 4.90. The standard InChI is InChI=1S/C27H34N4O3/c1-3-4-18-31-25(32)15-14-21(26(31)20-10-5-8-13-24(20)34-2)27(33)28-16-9-17-30-19-29-22-11-6-7-12-23(22)30/h5-8,10-13,19,21,26H,3-4,9,14-18H2,1-2H3,(H,28,33)/t21-,26+/m0/s1. The van der Waals surface area contributed by atoms with Crippen LogP contribution in [0.2, 0.25) is 0 Å². The molecule has 180 valence electrons. The molecule has 7 heteroatoms. The third-order valence-corrected chi connectivity index (χ3v) is 6.66. The molecule has 2 amide bonds. The molecule has 1 N–H and O–H groups in total. The Morgan fingerprint density at radius 1 is 1.12 bits per heavy atom. The summed E-state index contributed by atoms with van der Waals surface area (Å²) in [6.45, 7) is 4.11. The summed E-state index contributed by atoms with van der Waals surface area (Å²) in [5.41, 5.74) is 2.98. The van der Waals surface area contributed by atoms with Gasteiger partial charge in [0.2, 0.25) is 11.8 Å². The average Bonchev–Trinajstić information content (AvgIpc) is 3.28. The van der Waals surface area contributed by atoms with Crippen LogP contribution in [0.25, 0.3) is 11.0 Å². The molecular weight excluding hydrogens is 428 g/mol. The molecule has 0 aliphatic carbocycles. The van der Waals surface area contributed by atoms with E-state index < -0.39 is 0 Å². The Kier molecular flexibility index (Phi) is 7.83. The molecule has 4 rings (SSSR count). The Labute approximate surface area is 201 Å². The summed E-state index contributed by atoms with van der Waals surface area (Å²) in [4.78, 5) is 32.6. The summed E-state index contributed by atoms with van der Waals surface area (Å²) in [6.07, 6.45) is 5.49. The van der Waals surface area contributed by atoms with E-state index in [0.717, 1.165) is 42.4 Å². The molecule has 7 nitrogen and oxygen atoms in total. The van der Waals surface area contributed by atoms with E-state index in [9.17, 15) is 9.59 Å². The molecule has 0 saturated carbocycles. The van der Waals surface area contributed by atoms with Crippen LogP contribution in [0.5, 0.6) is 5.75 Å². The number of para-hydroxylation sites is 3. The largest absolute Gasteiger partial charge is 0.496 e. The number of aromatic nitrogens is 2. The fourth-order valence-electron chi connectivity index (χ4n) is 4.90. The number of fused-ring (bicyclic) bond motifs is 1. The van der Waals surface area contributed by atoms with E-state index in [1.54, 1.807) is 7.11 Å². The third kappa shape index (κ3) is 5.08. The number of methoxy groups -OCH3 is 1. The highest BCUT2D eigenvalue weighted by Gasteiger charge is 2.41. The first-order valence-corrected chi connectivity index (χ1v) is 12.2. The van der Waals surface area contributed by atoms with Gasteiger partial charge in [-0.1, -0.05) is 43.7 Å². The maximum absolute atomic E-state index is 13.4. The molecule has 1 aliphatic rings. The van der Waals surface area contributed by atoms with Crippen LogP contribution < -0.4 is 10.1 Å². The van der Waals surface area contributed by atoms with Gasteiger partial charge in [0.25, 0.3) is 0 Å². The summed E-state index contributed by atoms with van der Waals surface area (Å²) in [5.74, 6) is 0.522. The Hall–Kier alpha value is -3.35. The van der Waals surface area contributed by atoms with Gasteiger partial charge in [-0.05, 0) is 37.5 Å². The number of likely N-dealkylation sites (tertiary alicyclic amines) is 1. The molecule has 2 atom stereocenters. The lowest BCUT2D eigenvalue weighted by atomic mass is 9.83. The number of hydrogen-bond acceptors (Lipinski definition) is 4. The number of imidazole rings is 1. The molecule has 0 bridgehead atoms. The van der Waals surface area contributed by atoms with E-state index in [1.807, 2.05) is 53.7 Å². The van der Waals surface area contributed by atoms with E-state index >= 15 is 0 Å². The first-order valence-electron chi connectivity index (χ1n) is 12.2. The second-order valence-corrected chi connectivity index (χ2v) is 8.84. The topological polar surface area (TPSA) is 76.5 Å². The number of rotatable bonds is 10. The van der Waals surface area contributed by atoms with E-state index in [4.69, 9.17) is 4.74 Å². The zero-order valence-corrected chi connectivity index (χ0v) is 20.1. The van der Waals surface area contributed by atoms with Crippen LogP contribution >= 0.6 is 0 Å². The normalized spacial score (nSPS) is 18.3. The Morgan fingerprint density at radius 3 is 2.74 bits per heavy atom. The highest BCUT2D eigenvalue weighted by atomic mass is 16.5. The maximum Gasteiger partial charge on any atom is 0.225 e. The summed E-state index contributed by atoms with van der Waals surface area (Å²) >= 11 is 0. The minimum absolute atomic E-state index is 0.000365. The number of carbonyl (C=O) groups excluding carboxylic acids is 2. The lowest BCUT2D eigenvalue weighted by Crippen LogP contribution is -2.48. The fraction of sp³-hybridized carbons (Fsp3) is 0.444. The molecule has 34 heavy (non-hydrogen) atoms. The van der Waals surface area contributed by atoms with E-state index in [0.29, 0.717) is 31.7 Å². The molecule has 1 fully saturated rings. The van der Waals surface area contributed by atoms with Gasteiger partial charge < -0.3 is 19.5 Å². The molecule has 2 aromatic carbocycles. The minimum Gasteiger partial charge on any atom is -0.496 e. The first-order chi connectivity index (χ1) is 16.6. The Morgan fingerprint density at radius 2 is 1.91 bits per heavy atom. The summed E-state index contributed by atoms with van der Waals surface area (Å²) in [6, 6.07) is 15.5. The van der Waals surface area contributed by atoms with Crippen molar-refractivity contribution in [2.75, 3.05) is 20.2 Å². The number of piperidine rings is 1. The van der Waals surface area contributed by atoms with Gasteiger partial charge in [0, 0.05) is 31.6 Å². The maximum atomic E-state index is 13.4. The molecular formula is C27H34N4O3. The smallest absolute Gasteiger partial charge is 0.225 e. The van der Waals surface area contributed by atoms with Gasteiger partial charge in [0.1, 0.15) is 5.75 Å². The summed E-state index contributed by atoms with van der Waals surface area (Å²) in [7, 11) is 1.63. The monoisotopic (exact) mass is 462 g/mol. The SMILES string of the molecule is CCCCN1C(=O)CC[C@H](C(=O)NCCCn2cnc3ccccc32)[C@H]1c1ccccc1OC. The quantitative estimate of drug-likeness (QED) is 0.455. The van der Waals surface area contributed by atoms with Crippen molar-refractivity contribution in [1.82, 2.24) is 19.8 Å². The molecule has 1 saturated heterocycles. The lowest BCUT2D eigenvalue weighted by Gasteiger charge is -2.41. The molecule has 0 spiro atoms.